The van der Waals surface area contributed by atoms with Crippen LogP contribution in [-0.2, 0) is 10.2 Å². The zero-order valence-electron chi connectivity index (χ0n) is 16.2. The minimum absolute atomic E-state index is 0.0872. The summed E-state index contributed by atoms with van der Waals surface area (Å²) in [6, 6.07) is 9.76. The summed E-state index contributed by atoms with van der Waals surface area (Å²) < 4.78 is 0. The zero-order chi connectivity index (χ0) is 19.6. The topological polar surface area (TPSA) is 83.1 Å². The maximum absolute atomic E-state index is 13.0. The number of aromatic hydroxyl groups is 1. The Bertz CT molecular complexity index is 959. The Kier molecular flexibility index (Phi) is 3.85. The highest BCUT2D eigenvalue weighted by molar-refractivity contribution is 5.85. The van der Waals surface area contributed by atoms with E-state index in [4.69, 9.17) is 0 Å². The number of Topliss-reactive ketones (excluding diaryl/α,β-unsaturated/α-hetero) is 1. The molecule has 3 saturated carbocycles. The third-order valence-corrected chi connectivity index (χ3v) is 7.03. The third kappa shape index (κ3) is 2.55. The fourth-order valence-corrected chi connectivity index (χ4v) is 5.09. The largest absolute Gasteiger partial charge is 0.493 e. The van der Waals surface area contributed by atoms with Crippen LogP contribution in [0.4, 0.5) is 0 Å². The lowest BCUT2D eigenvalue weighted by atomic mass is 9.44. The van der Waals surface area contributed by atoms with Crippen molar-refractivity contribution in [2.24, 2.45) is 17.3 Å². The van der Waals surface area contributed by atoms with Gasteiger partial charge in [0.25, 0.3) is 5.56 Å². The predicted molar refractivity (Wildman–Crippen MR) is 103 cm³/mol. The predicted octanol–water partition coefficient (Wildman–Crippen LogP) is 3.52. The van der Waals surface area contributed by atoms with Gasteiger partial charge in [-0.1, -0.05) is 44.2 Å². The van der Waals surface area contributed by atoms with Crippen LogP contribution in [0.25, 0.3) is 0 Å². The molecule has 3 aliphatic rings. The van der Waals surface area contributed by atoms with Crippen LogP contribution in [0.3, 0.4) is 0 Å². The molecule has 1 heterocycles. The molecule has 3 atom stereocenters. The van der Waals surface area contributed by atoms with Gasteiger partial charge in [0.15, 0.2) is 0 Å². The summed E-state index contributed by atoms with van der Waals surface area (Å²) >= 11 is 0. The average molecular weight is 366 g/mol. The van der Waals surface area contributed by atoms with E-state index in [0.717, 1.165) is 12.0 Å². The Morgan fingerprint density at radius 2 is 1.85 bits per heavy atom. The van der Waals surface area contributed by atoms with Crippen LogP contribution >= 0.6 is 0 Å². The molecule has 5 heteroatoms. The standard InChI is InChI=1S/C22H26N2O3/c1-21(2,12-8-6-5-7-9-12)20-23-18(26)17(19(27)24-20)13-10-16(25)15-11-14(13)22(15,3)4/h5-9,13-15H,10-11H2,1-4H3,(H2,23,24,26,27). The van der Waals surface area contributed by atoms with Gasteiger partial charge in [-0.3, -0.25) is 9.59 Å². The normalized spacial score (nSPS) is 26.5. The van der Waals surface area contributed by atoms with Gasteiger partial charge in [0, 0.05) is 23.7 Å². The molecule has 27 heavy (non-hydrogen) atoms. The summed E-state index contributed by atoms with van der Waals surface area (Å²) in [4.78, 5) is 32.7. The summed E-state index contributed by atoms with van der Waals surface area (Å²) in [6.45, 7) is 8.09. The highest BCUT2D eigenvalue weighted by Gasteiger charge is 2.59. The molecule has 0 aliphatic heterocycles. The average Bonchev–Trinajstić information content (AvgIpc) is 2.61. The zero-order valence-corrected chi connectivity index (χ0v) is 16.2. The summed E-state index contributed by atoms with van der Waals surface area (Å²) in [7, 11) is 0. The number of aromatic nitrogens is 2. The molecule has 1 aromatic carbocycles. The lowest BCUT2D eigenvalue weighted by molar-refractivity contribution is -0.151. The molecule has 2 N–H and O–H groups in total. The monoisotopic (exact) mass is 366 g/mol. The van der Waals surface area contributed by atoms with Crippen LogP contribution in [0.15, 0.2) is 35.1 Å². The van der Waals surface area contributed by atoms with Crippen LogP contribution in [0.1, 0.15) is 63.4 Å². The van der Waals surface area contributed by atoms with Crippen LogP contribution < -0.4 is 5.56 Å². The lowest BCUT2D eigenvalue weighted by Gasteiger charge is -2.58. The van der Waals surface area contributed by atoms with Gasteiger partial charge in [-0.25, -0.2) is 0 Å². The van der Waals surface area contributed by atoms with Gasteiger partial charge in [0.1, 0.15) is 11.6 Å². The van der Waals surface area contributed by atoms with E-state index in [1.54, 1.807) is 0 Å². The first kappa shape index (κ1) is 18.0. The van der Waals surface area contributed by atoms with Crippen molar-refractivity contribution in [3.63, 3.8) is 0 Å². The molecule has 0 radical (unpaired) electrons. The molecule has 5 rings (SSSR count). The van der Waals surface area contributed by atoms with Gasteiger partial charge in [-0.05, 0) is 37.2 Å². The number of hydrogen-bond donors (Lipinski definition) is 2. The Morgan fingerprint density at radius 3 is 2.41 bits per heavy atom. The van der Waals surface area contributed by atoms with Gasteiger partial charge in [-0.2, -0.15) is 4.98 Å². The number of carbonyl (C=O) groups is 1. The van der Waals surface area contributed by atoms with E-state index in [1.807, 2.05) is 44.2 Å². The second-order valence-corrected chi connectivity index (χ2v) is 9.14. The number of nitrogens with one attached hydrogen (secondary N) is 1. The number of H-pyrrole nitrogens is 1. The Hall–Kier alpha value is -2.43. The molecule has 3 aliphatic carbocycles. The fraction of sp³-hybridized carbons (Fsp3) is 0.500. The molecule has 3 unspecified atom stereocenters. The lowest BCUT2D eigenvalue weighted by Crippen LogP contribution is -2.56. The van der Waals surface area contributed by atoms with Gasteiger partial charge in [0.2, 0.25) is 5.88 Å². The van der Waals surface area contributed by atoms with E-state index in [2.05, 4.69) is 23.8 Å². The molecule has 2 bridgehead atoms. The van der Waals surface area contributed by atoms with Crippen LogP contribution in [0.5, 0.6) is 5.88 Å². The SMILES string of the molecule is CC(C)(c1ccccc1)c1nc(O)c(C2CC(=O)C3CC2C3(C)C)c(=O)[nH]1. The summed E-state index contributed by atoms with van der Waals surface area (Å²) in [5.41, 5.74) is 0.254. The van der Waals surface area contributed by atoms with Crippen molar-refractivity contribution in [1.29, 1.82) is 0 Å². The number of carbonyl (C=O) groups excluding carboxylic acids is 1. The van der Waals surface area contributed by atoms with E-state index in [-0.39, 0.29) is 46.0 Å². The number of nitrogens with zero attached hydrogens (tertiary/aromatic N) is 1. The second kappa shape index (κ2) is 5.78. The molecule has 1 aromatic heterocycles. The van der Waals surface area contributed by atoms with Crippen molar-refractivity contribution >= 4 is 5.78 Å². The fourth-order valence-electron chi connectivity index (χ4n) is 5.09. The van der Waals surface area contributed by atoms with Gasteiger partial charge in [-0.15, -0.1) is 0 Å². The summed E-state index contributed by atoms with van der Waals surface area (Å²) in [5, 5.41) is 10.7. The molecule has 5 nitrogen and oxygen atoms in total. The molecule has 0 saturated heterocycles. The first-order valence-electron chi connectivity index (χ1n) is 9.56. The van der Waals surface area contributed by atoms with Crippen LogP contribution in [0, 0.1) is 17.3 Å². The molecule has 142 valence electrons. The van der Waals surface area contributed by atoms with Crippen molar-refractivity contribution in [2.45, 2.75) is 51.9 Å². The van der Waals surface area contributed by atoms with E-state index in [9.17, 15) is 14.7 Å². The Morgan fingerprint density at radius 1 is 1.19 bits per heavy atom. The van der Waals surface area contributed by atoms with E-state index < -0.39 is 5.41 Å². The second-order valence-electron chi connectivity index (χ2n) is 9.14. The maximum atomic E-state index is 13.0. The van der Waals surface area contributed by atoms with Crippen LogP contribution in [-0.4, -0.2) is 20.9 Å². The minimum Gasteiger partial charge on any atom is -0.493 e. The summed E-state index contributed by atoms with van der Waals surface area (Å²) in [6.07, 6.45) is 1.12. The number of ketones is 1. The molecule has 0 amide bonds. The summed E-state index contributed by atoms with van der Waals surface area (Å²) in [5.74, 6) is 0.429. The first-order chi connectivity index (χ1) is 12.6. The van der Waals surface area contributed by atoms with Crippen molar-refractivity contribution in [3.05, 3.63) is 57.6 Å². The van der Waals surface area contributed by atoms with Crippen molar-refractivity contribution in [3.8, 4) is 5.88 Å². The van der Waals surface area contributed by atoms with Crippen molar-refractivity contribution in [1.82, 2.24) is 9.97 Å². The van der Waals surface area contributed by atoms with E-state index in [1.165, 1.54) is 0 Å². The molecular weight excluding hydrogens is 340 g/mol. The molecular formula is C22H26N2O3. The highest BCUT2D eigenvalue weighted by Crippen LogP contribution is 2.62. The van der Waals surface area contributed by atoms with Gasteiger partial charge >= 0.3 is 0 Å². The van der Waals surface area contributed by atoms with Gasteiger partial charge in [0.05, 0.1) is 5.56 Å². The number of rotatable bonds is 3. The van der Waals surface area contributed by atoms with Crippen molar-refractivity contribution in [2.75, 3.05) is 0 Å². The smallest absolute Gasteiger partial charge is 0.258 e. The molecule has 2 aromatic rings. The van der Waals surface area contributed by atoms with Gasteiger partial charge < -0.3 is 10.1 Å². The number of fused-ring (bicyclic) bond motifs is 2. The number of aromatic amines is 1. The molecule has 3 fully saturated rings. The van der Waals surface area contributed by atoms with E-state index in [0.29, 0.717) is 12.2 Å². The first-order valence-corrected chi connectivity index (χ1v) is 9.56. The number of hydrogen-bond acceptors (Lipinski definition) is 4. The van der Waals surface area contributed by atoms with Crippen LogP contribution in [0.2, 0.25) is 0 Å². The minimum atomic E-state index is -0.556. The highest BCUT2D eigenvalue weighted by atomic mass is 16.3. The van der Waals surface area contributed by atoms with Crippen molar-refractivity contribution < 1.29 is 9.90 Å². The number of benzene rings is 1. The molecule has 0 spiro atoms. The maximum Gasteiger partial charge on any atom is 0.258 e. The Balaban J connectivity index is 1.76. The quantitative estimate of drug-likeness (QED) is 0.871. The Labute approximate surface area is 158 Å². The third-order valence-electron chi connectivity index (χ3n) is 7.03. The van der Waals surface area contributed by atoms with E-state index >= 15 is 0 Å².